The van der Waals surface area contributed by atoms with Crippen molar-refractivity contribution in [3.8, 4) is 0 Å². The normalized spacial score (nSPS) is 12.6. The van der Waals surface area contributed by atoms with Crippen LogP contribution in [0.1, 0.15) is 20.8 Å². The van der Waals surface area contributed by atoms with Crippen molar-refractivity contribution < 1.29 is 9.90 Å². The minimum Gasteiger partial charge on any atom is -0.390 e. The van der Waals surface area contributed by atoms with Crippen LogP contribution in [0.3, 0.4) is 0 Å². The molecule has 0 aromatic carbocycles. The Morgan fingerprint density at radius 2 is 2.00 bits per heavy atom. The van der Waals surface area contributed by atoms with E-state index in [0.29, 0.717) is 12.1 Å². The van der Waals surface area contributed by atoms with Gasteiger partial charge in [0.15, 0.2) is 0 Å². The molecule has 0 aliphatic rings. The highest BCUT2D eigenvalue weighted by Gasteiger charge is 2.10. The Labute approximate surface area is 92.0 Å². The van der Waals surface area contributed by atoms with Crippen LogP contribution in [0.15, 0.2) is 12.2 Å². The summed E-state index contributed by atoms with van der Waals surface area (Å²) in [7, 11) is 0. The van der Waals surface area contributed by atoms with Gasteiger partial charge in [-0.1, -0.05) is 20.4 Å². The minimum atomic E-state index is -0.520. The van der Waals surface area contributed by atoms with E-state index in [4.69, 9.17) is 0 Å². The predicted octanol–water partition coefficient (Wildman–Crippen LogP) is 0.381. The third kappa shape index (κ3) is 6.25. The fraction of sp³-hybridized carbons (Fsp3) is 0.727. The molecule has 0 radical (unpaired) electrons. The van der Waals surface area contributed by atoms with Crippen molar-refractivity contribution in [2.45, 2.75) is 26.9 Å². The Morgan fingerprint density at radius 1 is 1.47 bits per heavy atom. The van der Waals surface area contributed by atoms with E-state index in [0.717, 1.165) is 13.1 Å². The first-order valence-corrected chi connectivity index (χ1v) is 5.35. The maximum Gasteiger partial charge on any atom is 0.246 e. The van der Waals surface area contributed by atoms with Crippen LogP contribution < -0.4 is 5.32 Å². The van der Waals surface area contributed by atoms with Gasteiger partial charge in [-0.2, -0.15) is 0 Å². The molecule has 0 aromatic rings. The molecule has 0 aromatic heterocycles. The van der Waals surface area contributed by atoms with Gasteiger partial charge in [0.1, 0.15) is 0 Å². The average Bonchev–Trinajstić information content (AvgIpc) is 2.22. The number of nitrogens with zero attached hydrogens (tertiary/aromatic N) is 1. The maximum absolute atomic E-state index is 11.1. The van der Waals surface area contributed by atoms with Gasteiger partial charge in [0, 0.05) is 18.7 Å². The number of amides is 1. The second kappa shape index (κ2) is 7.43. The van der Waals surface area contributed by atoms with Crippen molar-refractivity contribution in [2.24, 2.45) is 0 Å². The monoisotopic (exact) mass is 214 g/mol. The van der Waals surface area contributed by atoms with E-state index in [1.807, 2.05) is 13.8 Å². The predicted molar refractivity (Wildman–Crippen MR) is 61.6 cm³/mol. The van der Waals surface area contributed by atoms with Crippen molar-refractivity contribution in [3.63, 3.8) is 0 Å². The standard InChI is InChI=1S/C11H22N2O2/c1-5-13(6-2)8-10(14)7-12-11(15)9(3)4/h10,14H,3,5-8H2,1-2,4H3,(H,12,15). The van der Waals surface area contributed by atoms with Gasteiger partial charge >= 0.3 is 0 Å². The summed E-state index contributed by atoms with van der Waals surface area (Å²) in [5, 5.41) is 12.2. The molecule has 0 heterocycles. The molecule has 4 nitrogen and oxygen atoms in total. The lowest BCUT2D eigenvalue weighted by atomic mass is 10.3. The van der Waals surface area contributed by atoms with E-state index in [1.165, 1.54) is 0 Å². The third-order valence-electron chi connectivity index (χ3n) is 2.25. The fourth-order valence-electron chi connectivity index (χ4n) is 1.21. The first-order valence-electron chi connectivity index (χ1n) is 5.35. The van der Waals surface area contributed by atoms with Crippen LogP contribution in [0.25, 0.3) is 0 Å². The summed E-state index contributed by atoms with van der Waals surface area (Å²) < 4.78 is 0. The van der Waals surface area contributed by atoms with E-state index < -0.39 is 6.10 Å². The lowest BCUT2D eigenvalue weighted by Crippen LogP contribution is -2.40. The van der Waals surface area contributed by atoms with Gasteiger partial charge in [0.05, 0.1) is 6.10 Å². The second-order valence-electron chi connectivity index (χ2n) is 3.63. The fourth-order valence-corrected chi connectivity index (χ4v) is 1.21. The van der Waals surface area contributed by atoms with E-state index >= 15 is 0 Å². The van der Waals surface area contributed by atoms with Crippen LogP contribution >= 0.6 is 0 Å². The van der Waals surface area contributed by atoms with Crippen molar-refractivity contribution in [1.82, 2.24) is 10.2 Å². The lowest BCUT2D eigenvalue weighted by molar-refractivity contribution is -0.117. The number of likely N-dealkylation sites (N-methyl/N-ethyl adjacent to an activating group) is 1. The molecule has 0 bridgehead atoms. The van der Waals surface area contributed by atoms with Gasteiger partial charge in [-0.15, -0.1) is 0 Å². The number of nitrogens with one attached hydrogen (secondary N) is 1. The maximum atomic E-state index is 11.1. The molecule has 0 rings (SSSR count). The average molecular weight is 214 g/mol. The summed E-state index contributed by atoms with van der Waals surface area (Å²) in [6, 6.07) is 0. The van der Waals surface area contributed by atoms with Gasteiger partial charge < -0.3 is 15.3 Å². The highest BCUT2D eigenvalue weighted by Crippen LogP contribution is 1.92. The quantitative estimate of drug-likeness (QED) is 0.602. The number of hydrogen-bond acceptors (Lipinski definition) is 3. The van der Waals surface area contributed by atoms with E-state index in [9.17, 15) is 9.90 Å². The topological polar surface area (TPSA) is 52.6 Å². The molecular formula is C11H22N2O2. The Balaban J connectivity index is 3.78. The van der Waals surface area contributed by atoms with Crippen LogP contribution in [-0.4, -0.2) is 48.2 Å². The minimum absolute atomic E-state index is 0.200. The van der Waals surface area contributed by atoms with E-state index in [2.05, 4.69) is 16.8 Å². The van der Waals surface area contributed by atoms with Crippen LogP contribution in [0.4, 0.5) is 0 Å². The van der Waals surface area contributed by atoms with Crippen LogP contribution in [0, 0.1) is 0 Å². The highest BCUT2D eigenvalue weighted by molar-refractivity contribution is 5.92. The molecule has 1 amide bonds. The van der Waals surface area contributed by atoms with E-state index in [-0.39, 0.29) is 12.5 Å². The molecule has 0 saturated carbocycles. The number of hydrogen-bond donors (Lipinski definition) is 2. The number of aliphatic hydroxyl groups excluding tert-OH is 1. The molecule has 0 fully saturated rings. The molecule has 88 valence electrons. The number of rotatable bonds is 7. The first kappa shape index (κ1) is 14.1. The SMILES string of the molecule is C=C(C)C(=O)NCC(O)CN(CC)CC. The Morgan fingerprint density at radius 3 is 2.40 bits per heavy atom. The van der Waals surface area contributed by atoms with Gasteiger partial charge in [0.25, 0.3) is 0 Å². The van der Waals surface area contributed by atoms with Gasteiger partial charge in [0.2, 0.25) is 5.91 Å². The number of carbonyl (C=O) groups excluding carboxylic acids is 1. The zero-order valence-electron chi connectivity index (χ0n) is 9.92. The summed E-state index contributed by atoms with van der Waals surface area (Å²) in [6.07, 6.45) is -0.520. The van der Waals surface area contributed by atoms with Crippen LogP contribution in [-0.2, 0) is 4.79 Å². The van der Waals surface area contributed by atoms with Gasteiger partial charge in [-0.25, -0.2) is 0 Å². The lowest BCUT2D eigenvalue weighted by Gasteiger charge is -2.21. The van der Waals surface area contributed by atoms with Crippen molar-refractivity contribution >= 4 is 5.91 Å². The molecule has 0 aliphatic carbocycles. The highest BCUT2D eigenvalue weighted by atomic mass is 16.3. The molecule has 1 atom stereocenters. The van der Waals surface area contributed by atoms with E-state index in [1.54, 1.807) is 6.92 Å². The van der Waals surface area contributed by atoms with Crippen molar-refractivity contribution in [2.75, 3.05) is 26.2 Å². The Kier molecular flexibility index (Phi) is 6.99. The zero-order valence-corrected chi connectivity index (χ0v) is 9.92. The first-order chi connectivity index (χ1) is 7.01. The summed E-state index contributed by atoms with van der Waals surface area (Å²) in [5.74, 6) is -0.200. The van der Waals surface area contributed by atoms with Gasteiger partial charge in [-0.3, -0.25) is 4.79 Å². The van der Waals surface area contributed by atoms with Crippen molar-refractivity contribution in [3.05, 3.63) is 12.2 Å². The Bertz CT molecular complexity index is 213. The number of carbonyl (C=O) groups is 1. The van der Waals surface area contributed by atoms with Gasteiger partial charge in [-0.05, 0) is 20.0 Å². The largest absolute Gasteiger partial charge is 0.390 e. The molecule has 4 heteroatoms. The van der Waals surface area contributed by atoms with Crippen molar-refractivity contribution in [1.29, 1.82) is 0 Å². The molecule has 0 spiro atoms. The summed E-state index contributed by atoms with van der Waals surface area (Å²) >= 11 is 0. The van der Waals surface area contributed by atoms with Crippen LogP contribution in [0.5, 0.6) is 0 Å². The molecular weight excluding hydrogens is 192 g/mol. The summed E-state index contributed by atoms with van der Waals surface area (Å²) in [5.41, 5.74) is 0.463. The molecule has 2 N–H and O–H groups in total. The summed E-state index contributed by atoms with van der Waals surface area (Å²) in [4.78, 5) is 13.2. The molecule has 15 heavy (non-hydrogen) atoms. The molecule has 0 saturated heterocycles. The summed E-state index contributed by atoms with van der Waals surface area (Å²) in [6.45, 7) is 11.9. The molecule has 1 unspecified atom stereocenters. The third-order valence-corrected chi connectivity index (χ3v) is 2.25. The smallest absolute Gasteiger partial charge is 0.246 e. The zero-order chi connectivity index (χ0) is 11.8. The Hall–Kier alpha value is -0.870. The van der Waals surface area contributed by atoms with Crippen LogP contribution in [0.2, 0.25) is 0 Å². The number of aliphatic hydroxyl groups is 1. The second-order valence-corrected chi connectivity index (χ2v) is 3.63. The molecule has 0 aliphatic heterocycles.